The number of ketones is 1. The van der Waals surface area contributed by atoms with Gasteiger partial charge in [0.05, 0.1) is 60.2 Å². The molecule has 0 saturated carbocycles. The number of aliphatic hydroxyl groups excluding tert-OH is 2. The summed E-state index contributed by atoms with van der Waals surface area (Å²) in [5.41, 5.74) is -9.55. The number of alkyl halides is 3. The Balaban J connectivity index is 2.01. The lowest BCUT2D eigenvalue weighted by Gasteiger charge is -2.45. The molecule has 2 unspecified atom stereocenters. The molecule has 0 aromatic rings. The molecule has 0 aromatic carbocycles. The first-order valence-corrected chi connectivity index (χ1v) is 30.4. The number of ether oxygens (including phenoxy) is 11. The lowest BCUT2D eigenvalue weighted by Crippen LogP contribution is -2.59. The number of likely N-dealkylation sites (N-methyl/N-ethyl adjacent to an activating group) is 1. The third kappa shape index (κ3) is 19.1. The van der Waals surface area contributed by atoms with E-state index in [0.717, 1.165) is 0 Å². The average Bonchev–Trinajstić information content (AvgIpc) is 2.33. The maximum atomic E-state index is 15.9. The summed E-state index contributed by atoms with van der Waals surface area (Å²) in [4.78, 5) is 66.8. The minimum atomic E-state index is -5.87. The zero-order chi connectivity index (χ0) is 63.7. The first-order valence-electron chi connectivity index (χ1n) is 28.9. The summed E-state index contributed by atoms with van der Waals surface area (Å²) in [6.07, 6.45) is -16.1. The van der Waals surface area contributed by atoms with Crippen LogP contribution in [-0.2, 0) is 81.3 Å². The van der Waals surface area contributed by atoms with E-state index in [1.807, 2.05) is 20.9 Å². The molecule has 0 aromatic heterocycles. The van der Waals surface area contributed by atoms with Gasteiger partial charge in [0, 0.05) is 70.4 Å². The predicted octanol–water partition coefficient (Wildman–Crippen LogP) is 5.22. The number of cyclic esters (lactones) is 1. The summed E-state index contributed by atoms with van der Waals surface area (Å²) in [7, 11) is 0.205. The van der Waals surface area contributed by atoms with Gasteiger partial charge in [0.2, 0.25) is 0 Å². The van der Waals surface area contributed by atoms with Crippen LogP contribution >= 0.6 is 0 Å². The highest BCUT2D eigenvalue weighted by molar-refractivity contribution is 7.90. The van der Waals surface area contributed by atoms with E-state index in [-0.39, 0.29) is 43.2 Å². The molecule has 0 spiro atoms. The Morgan fingerprint density at radius 2 is 1.48 bits per heavy atom. The van der Waals surface area contributed by atoms with Gasteiger partial charge in [-0.3, -0.25) is 14.4 Å². The van der Waals surface area contributed by atoms with Crippen LogP contribution in [0, 0.1) is 41.4 Å². The van der Waals surface area contributed by atoms with Crippen LogP contribution in [0.1, 0.15) is 130 Å². The van der Waals surface area contributed by atoms with Crippen LogP contribution in [0.5, 0.6) is 0 Å². The van der Waals surface area contributed by atoms with E-state index >= 15 is 9.59 Å². The molecule has 0 radical (unpaired) electrons. The fourth-order valence-electron chi connectivity index (χ4n) is 11.7. The number of Topliss-reactive ketones (excluding diaryl/α,β-unsaturated/α-hetero) is 1. The van der Waals surface area contributed by atoms with Crippen molar-refractivity contribution in [3.8, 4) is 0 Å². The summed E-state index contributed by atoms with van der Waals surface area (Å²) in [6.45, 7) is 23.8. The fourth-order valence-corrected chi connectivity index (χ4v) is 12.4. The van der Waals surface area contributed by atoms with Crippen molar-refractivity contribution in [2.24, 2.45) is 46.6 Å². The van der Waals surface area contributed by atoms with Crippen LogP contribution in [0.2, 0.25) is 0 Å². The van der Waals surface area contributed by atoms with Crippen molar-refractivity contribution in [3.63, 3.8) is 0 Å². The van der Waals surface area contributed by atoms with Crippen molar-refractivity contribution in [3.05, 3.63) is 0 Å². The number of carbonyl (C=O) groups is 4. The summed E-state index contributed by atoms with van der Waals surface area (Å²) in [5.74, 6) is -8.95. The van der Waals surface area contributed by atoms with Crippen molar-refractivity contribution in [2.45, 2.75) is 238 Å². The first-order chi connectivity index (χ1) is 38.8. The molecule has 4 aliphatic heterocycles. The van der Waals surface area contributed by atoms with Gasteiger partial charge in [-0.1, -0.05) is 53.6 Å². The molecule has 0 bridgehead atoms. The average molecular weight is 1240 g/mol. The smallest absolute Gasteiger partial charge is 0.461 e. The molecular weight excluding hydrogens is 1140 g/mol. The van der Waals surface area contributed by atoms with E-state index < -0.39 is 179 Å². The summed E-state index contributed by atoms with van der Waals surface area (Å²) in [6, 6.07) is -0.0720. The molecule has 4 N–H and O–H groups in total. The largest absolute Gasteiger partial charge is 0.511 e. The van der Waals surface area contributed by atoms with Gasteiger partial charge in [-0.05, 0) is 80.7 Å². The van der Waals surface area contributed by atoms with Gasteiger partial charge < -0.3 is 77.4 Å². The Morgan fingerprint density at radius 1 is 0.845 bits per heavy atom. The molecule has 4 aliphatic rings. The van der Waals surface area contributed by atoms with Gasteiger partial charge in [-0.15, -0.1) is 0 Å². The molecule has 24 nitrogen and oxygen atoms in total. The molecular formula is C56H97F3N4O20S. The zero-order valence-electron chi connectivity index (χ0n) is 52.3. The Bertz CT molecular complexity index is 2300. The predicted molar refractivity (Wildman–Crippen MR) is 297 cm³/mol. The highest BCUT2D eigenvalue weighted by Crippen LogP contribution is 2.41. The van der Waals surface area contributed by atoms with Gasteiger partial charge >= 0.3 is 33.6 Å². The molecule has 84 heavy (non-hydrogen) atoms. The summed E-state index contributed by atoms with van der Waals surface area (Å²) >= 11 is 0. The number of methoxy groups -OCH3 is 2. The minimum Gasteiger partial charge on any atom is -0.461 e. The second-order valence-corrected chi connectivity index (χ2v) is 26.7. The van der Waals surface area contributed by atoms with E-state index in [0.29, 0.717) is 13.0 Å². The maximum Gasteiger partial charge on any atom is 0.511 e. The van der Waals surface area contributed by atoms with Gasteiger partial charge in [0.15, 0.2) is 30.3 Å². The molecule has 4 saturated heterocycles. The number of amides is 1. The number of hydrogen-bond acceptors (Lipinski definition) is 22. The fraction of sp³-hybridized carbons (Fsp3) is 0.911. The molecule has 488 valence electrons. The van der Waals surface area contributed by atoms with E-state index in [9.17, 15) is 41.4 Å². The molecule has 4 heterocycles. The number of nitrogens with zero attached hydrogens (tertiary/aromatic N) is 2. The van der Waals surface area contributed by atoms with Crippen molar-refractivity contribution in [1.29, 1.82) is 0 Å². The molecule has 28 heteroatoms. The number of sulfonamides is 1. The molecule has 4 rings (SSSR count). The van der Waals surface area contributed by atoms with Crippen molar-refractivity contribution in [1.82, 2.24) is 14.9 Å². The van der Waals surface area contributed by atoms with E-state index in [1.54, 1.807) is 62.3 Å². The number of halogens is 3. The van der Waals surface area contributed by atoms with Gasteiger partial charge in [0.1, 0.15) is 43.7 Å². The Kier molecular flexibility index (Phi) is 26.7. The number of oxime groups is 1. The normalized spacial score (nSPS) is 38.5. The number of alkyl carbamates (subject to hydrolysis) is 1. The van der Waals surface area contributed by atoms with Crippen LogP contribution in [0.25, 0.3) is 0 Å². The summed E-state index contributed by atoms with van der Waals surface area (Å²) < 4.78 is 136. The number of esters is 2. The van der Waals surface area contributed by atoms with Gasteiger partial charge in [-0.25, -0.2) is 17.9 Å². The second-order valence-electron chi connectivity index (χ2n) is 24.9. The lowest BCUT2D eigenvalue weighted by molar-refractivity contribution is -0.305. The monoisotopic (exact) mass is 1230 g/mol. The Labute approximate surface area is 493 Å². The quantitative estimate of drug-likeness (QED) is 0.0732. The molecule has 4 fully saturated rings. The molecule has 22 atom stereocenters. The molecule has 1 amide bonds. The molecule has 0 aliphatic carbocycles. The van der Waals surface area contributed by atoms with Gasteiger partial charge in [-0.2, -0.15) is 13.2 Å². The number of aliphatic hydroxyl groups is 2. The SMILES string of the molecule is CON=C1C[C@@H](C)O[C@@H](O[C@@H]2[C@@H](C)[C@H](O[C@H]3CC(C)N(C)C[C@H](C)O3)[C@@H](C)C(=O)O[C@H](C(C)CO[C@@H]3O[C@H](C)[C@@H](O)[C@@H](OC)[C@H]3OC)[C@H](C)[C@@H](OC(=O)CC(C)C)[C@@H](C)C(=O)[C@@](C)(OC(=O)NC(C)(C)CNS(=O)(=O)C(F)(F)F)C[C@@H]2C)[C@@H]1O. The minimum absolute atomic E-state index is 0.0720. The van der Waals surface area contributed by atoms with Crippen molar-refractivity contribution < 1.29 is 108 Å². The number of hydrogen-bond donors (Lipinski definition) is 4. The van der Waals surface area contributed by atoms with Crippen LogP contribution in [0.15, 0.2) is 5.16 Å². The number of carbonyl (C=O) groups excluding carboxylic acids is 4. The number of nitrogens with one attached hydrogen (secondary N) is 2. The van der Waals surface area contributed by atoms with E-state index in [1.165, 1.54) is 53.7 Å². The lowest BCUT2D eigenvalue weighted by atomic mass is 9.74. The highest BCUT2D eigenvalue weighted by atomic mass is 32.2. The number of rotatable bonds is 19. The van der Waals surface area contributed by atoms with Crippen LogP contribution in [0.3, 0.4) is 0 Å². The topological polar surface area (TPSA) is 293 Å². The second kappa shape index (κ2) is 30.7. The zero-order valence-corrected chi connectivity index (χ0v) is 53.1. The third-order valence-electron chi connectivity index (χ3n) is 16.4. The highest BCUT2D eigenvalue weighted by Gasteiger charge is 2.53. The summed E-state index contributed by atoms with van der Waals surface area (Å²) in [5, 5.41) is 29.2. The van der Waals surface area contributed by atoms with Crippen molar-refractivity contribution in [2.75, 3.05) is 48.1 Å². The van der Waals surface area contributed by atoms with Crippen molar-refractivity contribution >= 4 is 39.6 Å². The standard InChI is InChI=1S/C56H97F3N4O20S/c1-27(2)20-39(64)79-45-34(9)44(29(4)25-75-52-48(73-18)47(72-17)41(65)37(12)78-52)81-50(68)36(11)46(80-40-21-30(5)63(16)24-32(7)76-40)33(8)43(82-51-42(66)38(62-74-19)22-31(6)77-51)28(3)23-55(15,49(67)35(45)10)83-53(69)61-54(13,14)26-60-84(70,71)56(57,58)59/h27-37,40-48,51-52,60,65-66H,20-26H2,1-19H3,(H,61,69)/t28-,29?,30?,31+,32-,33+,34-,35+,36+,37+,40-,41+,42+,43-,44+,45+,46-,47+,48+,51-,52+,55-/m0/s1. The first kappa shape index (κ1) is 73.1. The van der Waals surface area contributed by atoms with Crippen LogP contribution in [0.4, 0.5) is 18.0 Å². The Morgan fingerprint density at radius 3 is 2.06 bits per heavy atom. The van der Waals surface area contributed by atoms with Gasteiger partial charge in [0.25, 0.3) is 0 Å². The van der Waals surface area contributed by atoms with E-state index in [2.05, 4.69) is 15.4 Å². The van der Waals surface area contributed by atoms with Crippen LogP contribution < -0.4 is 10.0 Å². The van der Waals surface area contributed by atoms with Crippen LogP contribution in [-0.4, -0.2) is 210 Å². The Hall–Kier alpha value is -3.39. The maximum absolute atomic E-state index is 15.9. The third-order valence-corrected chi connectivity index (χ3v) is 17.5. The van der Waals surface area contributed by atoms with E-state index in [4.69, 9.17) is 56.9 Å².